The predicted molar refractivity (Wildman–Crippen MR) is 100 cm³/mol. The Morgan fingerprint density at radius 1 is 1.09 bits per heavy atom. The first-order valence-corrected chi connectivity index (χ1v) is 8.64. The minimum Gasteiger partial charge on any atom is -0.380 e. The highest BCUT2D eigenvalue weighted by atomic mass is 35.5. The topological polar surface area (TPSA) is 23.5 Å². The minimum absolute atomic E-state index is 0. The molecule has 0 fully saturated rings. The van der Waals surface area contributed by atoms with Gasteiger partial charge in [0.25, 0.3) is 0 Å². The number of benzene rings is 2. The Labute approximate surface area is 153 Å². The third-order valence-electron chi connectivity index (χ3n) is 4.08. The molecule has 0 radical (unpaired) electrons. The summed E-state index contributed by atoms with van der Waals surface area (Å²) in [5, 5.41) is 12.2. The molecule has 23 heavy (non-hydrogen) atoms. The average Bonchev–Trinajstić information content (AvgIpc) is 2.48. The van der Waals surface area contributed by atoms with E-state index in [-0.39, 0.29) is 12.4 Å². The first-order chi connectivity index (χ1) is 10.5. The van der Waals surface area contributed by atoms with E-state index in [0.29, 0.717) is 11.4 Å². The van der Waals surface area contributed by atoms with Crippen molar-refractivity contribution in [3.05, 3.63) is 58.6 Å². The van der Waals surface area contributed by atoms with Crippen LogP contribution in [0.3, 0.4) is 0 Å². The molecule has 0 spiro atoms. The van der Waals surface area contributed by atoms with E-state index in [1.165, 1.54) is 0 Å². The summed E-state index contributed by atoms with van der Waals surface area (Å²) < 4.78 is 0. The van der Waals surface area contributed by atoms with E-state index < -0.39 is 5.60 Å². The maximum Gasteiger partial charge on any atom is 0.117 e. The molecule has 0 aromatic heterocycles. The Kier molecular flexibility index (Phi) is 6.04. The monoisotopic (exact) mass is 369 g/mol. The van der Waals surface area contributed by atoms with E-state index in [1.807, 2.05) is 36.4 Å². The van der Waals surface area contributed by atoms with E-state index >= 15 is 0 Å². The van der Waals surface area contributed by atoms with Gasteiger partial charge in [0.2, 0.25) is 0 Å². The van der Waals surface area contributed by atoms with Crippen LogP contribution in [0.2, 0.25) is 5.02 Å². The molecule has 1 unspecified atom stereocenters. The summed E-state index contributed by atoms with van der Waals surface area (Å²) in [4.78, 5) is 4.37. The first-order valence-electron chi connectivity index (χ1n) is 7.45. The lowest BCUT2D eigenvalue weighted by Crippen LogP contribution is -2.32. The van der Waals surface area contributed by atoms with Crippen molar-refractivity contribution in [1.29, 1.82) is 0 Å². The van der Waals surface area contributed by atoms with Gasteiger partial charge < -0.3 is 10.0 Å². The number of halogens is 2. The van der Waals surface area contributed by atoms with Gasteiger partial charge in [0, 0.05) is 25.9 Å². The summed E-state index contributed by atoms with van der Waals surface area (Å²) in [5.41, 5.74) is 0.967. The van der Waals surface area contributed by atoms with Crippen molar-refractivity contribution in [2.45, 2.75) is 28.2 Å². The summed E-state index contributed by atoms with van der Waals surface area (Å²) >= 11 is 7.89. The molecular weight excluding hydrogens is 349 g/mol. The highest BCUT2D eigenvalue weighted by Gasteiger charge is 2.38. The molecule has 0 saturated carbocycles. The van der Waals surface area contributed by atoms with Crippen LogP contribution in [0.1, 0.15) is 24.0 Å². The van der Waals surface area contributed by atoms with Gasteiger partial charge >= 0.3 is 0 Å². The zero-order chi connectivity index (χ0) is 15.7. The van der Waals surface area contributed by atoms with Crippen LogP contribution in [0, 0.1) is 0 Å². The Balaban J connectivity index is 0.00000192. The second-order valence-corrected chi connectivity index (χ2v) is 7.53. The summed E-state index contributed by atoms with van der Waals surface area (Å²) in [6.45, 7) is 0.952. The van der Waals surface area contributed by atoms with Gasteiger partial charge in [-0.1, -0.05) is 41.6 Å². The van der Waals surface area contributed by atoms with Crippen LogP contribution in [-0.2, 0) is 5.60 Å². The normalized spacial score (nSPS) is 19.0. The predicted octanol–water partition coefficient (Wildman–Crippen LogP) is 4.80. The van der Waals surface area contributed by atoms with E-state index in [9.17, 15) is 5.11 Å². The van der Waals surface area contributed by atoms with E-state index in [1.54, 1.807) is 11.8 Å². The van der Waals surface area contributed by atoms with Gasteiger partial charge in [-0.15, -0.1) is 12.4 Å². The summed E-state index contributed by atoms with van der Waals surface area (Å²) in [6, 6.07) is 13.9. The van der Waals surface area contributed by atoms with Crippen molar-refractivity contribution in [2.75, 3.05) is 20.6 Å². The molecule has 1 N–H and O–H groups in total. The van der Waals surface area contributed by atoms with Crippen LogP contribution in [0.25, 0.3) is 0 Å². The molecule has 2 aromatic carbocycles. The standard InChI is InChI=1S/C18H20ClNOS.ClH/c1-20(2)11-5-10-18(21)14-6-3-4-7-16(14)22-17-9-8-13(19)12-15(17)18;/h3-4,6-9,12,21H,5,10-11H2,1-2H3;1H. The molecule has 0 amide bonds. The van der Waals surface area contributed by atoms with E-state index in [2.05, 4.69) is 25.1 Å². The van der Waals surface area contributed by atoms with Crippen LogP contribution in [0.5, 0.6) is 0 Å². The lowest BCUT2D eigenvalue weighted by molar-refractivity contribution is 0.0600. The van der Waals surface area contributed by atoms with Gasteiger partial charge in [-0.05, 0) is 57.7 Å². The highest BCUT2D eigenvalue weighted by molar-refractivity contribution is 7.99. The summed E-state index contributed by atoms with van der Waals surface area (Å²) in [5.74, 6) is 0. The number of fused-ring (bicyclic) bond motifs is 2. The average molecular weight is 370 g/mol. The van der Waals surface area contributed by atoms with Gasteiger partial charge in [0.15, 0.2) is 0 Å². The molecule has 2 aromatic rings. The van der Waals surface area contributed by atoms with Crippen LogP contribution in [0.4, 0.5) is 0 Å². The number of hydrogen-bond acceptors (Lipinski definition) is 3. The molecule has 1 aliphatic heterocycles. The fourth-order valence-electron chi connectivity index (χ4n) is 3.00. The van der Waals surface area contributed by atoms with Crippen molar-refractivity contribution < 1.29 is 5.11 Å². The third kappa shape index (κ3) is 3.70. The van der Waals surface area contributed by atoms with Crippen LogP contribution in [-0.4, -0.2) is 30.6 Å². The van der Waals surface area contributed by atoms with Gasteiger partial charge in [0.05, 0.1) is 0 Å². The Morgan fingerprint density at radius 2 is 1.78 bits per heavy atom. The molecule has 1 aliphatic rings. The smallest absolute Gasteiger partial charge is 0.117 e. The van der Waals surface area contributed by atoms with E-state index in [4.69, 9.17) is 11.6 Å². The molecule has 0 bridgehead atoms. The van der Waals surface area contributed by atoms with Gasteiger partial charge in [-0.3, -0.25) is 0 Å². The molecule has 1 atom stereocenters. The summed E-state index contributed by atoms with van der Waals surface area (Å²) in [7, 11) is 4.11. The van der Waals surface area contributed by atoms with Crippen LogP contribution >= 0.6 is 35.8 Å². The molecule has 0 saturated heterocycles. The highest BCUT2D eigenvalue weighted by Crippen LogP contribution is 2.50. The number of nitrogens with zero attached hydrogens (tertiary/aromatic N) is 1. The van der Waals surface area contributed by atoms with Gasteiger partial charge in [-0.25, -0.2) is 0 Å². The van der Waals surface area contributed by atoms with Crippen molar-refractivity contribution >= 4 is 35.8 Å². The van der Waals surface area contributed by atoms with Gasteiger partial charge in [-0.2, -0.15) is 0 Å². The zero-order valence-electron chi connectivity index (χ0n) is 13.3. The van der Waals surface area contributed by atoms with Crippen LogP contribution < -0.4 is 0 Å². The fraction of sp³-hybridized carbons (Fsp3) is 0.333. The lowest BCUT2D eigenvalue weighted by atomic mass is 9.82. The second kappa shape index (κ2) is 7.45. The Bertz CT molecular complexity index is 692. The third-order valence-corrected chi connectivity index (χ3v) is 5.47. The van der Waals surface area contributed by atoms with Crippen molar-refractivity contribution in [1.82, 2.24) is 4.90 Å². The molecule has 1 heterocycles. The quantitative estimate of drug-likeness (QED) is 0.836. The second-order valence-electron chi connectivity index (χ2n) is 6.01. The Hall–Kier alpha value is -0.710. The van der Waals surface area contributed by atoms with Crippen molar-refractivity contribution in [3.8, 4) is 0 Å². The molecule has 3 rings (SSSR count). The van der Waals surface area contributed by atoms with Crippen molar-refractivity contribution in [2.24, 2.45) is 0 Å². The molecule has 2 nitrogen and oxygen atoms in total. The van der Waals surface area contributed by atoms with Crippen molar-refractivity contribution in [3.63, 3.8) is 0 Å². The SMILES string of the molecule is CN(C)CCCC1(O)c2ccccc2Sc2ccc(Cl)cc21.Cl. The number of aliphatic hydroxyl groups is 1. The minimum atomic E-state index is -0.960. The van der Waals surface area contributed by atoms with Gasteiger partial charge in [0.1, 0.15) is 5.60 Å². The molecular formula is C18H21Cl2NOS. The largest absolute Gasteiger partial charge is 0.380 e. The molecule has 5 heteroatoms. The zero-order valence-corrected chi connectivity index (χ0v) is 15.6. The van der Waals surface area contributed by atoms with E-state index in [0.717, 1.165) is 33.9 Å². The number of hydrogen-bond donors (Lipinski definition) is 1. The Morgan fingerprint density at radius 3 is 2.52 bits per heavy atom. The fourth-order valence-corrected chi connectivity index (χ4v) is 4.37. The lowest BCUT2D eigenvalue weighted by Gasteiger charge is -2.36. The maximum absolute atomic E-state index is 11.5. The number of rotatable bonds is 4. The summed E-state index contributed by atoms with van der Waals surface area (Å²) in [6.07, 6.45) is 1.62. The van der Waals surface area contributed by atoms with Crippen LogP contribution in [0.15, 0.2) is 52.3 Å². The molecule has 0 aliphatic carbocycles. The maximum atomic E-state index is 11.5. The first kappa shape index (κ1) is 18.6. The molecule has 124 valence electrons.